The predicted octanol–water partition coefficient (Wildman–Crippen LogP) is 5.46. The third-order valence-corrected chi connectivity index (χ3v) is 5.15. The van der Waals surface area contributed by atoms with E-state index in [9.17, 15) is 4.79 Å². The Bertz CT molecular complexity index is 1090. The normalized spacial score (nSPS) is 11.3. The van der Waals surface area contributed by atoms with E-state index in [2.05, 4.69) is 27.2 Å². The lowest BCUT2D eigenvalue weighted by molar-refractivity contribution is -0.126. The quantitative estimate of drug-likeness (QED) is 0.435. The van der Waals surface area contributed by atoms with Crippen LogP contribution in [0.3, 0.4) is 0 Å². The molecule has 0 aliphatic carbocycles. The average Bonchev–Trinajstić information content (AvgIpc) is 2.80. The maximum Gasteiger partial charge on any atom is 0.258 e. The Morgan fingerprint density at radius 1 is 1.03 bits per heavy atom. The highest BCUT2D eigenvalue weighted by Gasteiger charge is 2.22. The van der Waals surface area contributed by atoms with Gasteiger partial charge in [0.2, 0.25) is 0 Å². The van der Waals surface area contributed by atoms with Crippen molar-refractivity contribution in [1.29, 1.82) is 0 Å². The summed E-state index contributed by atoms with van der Waals surface area (Å²) in [6.45, 7) is 0.0193. The maximum atomic E-state index is 13.1. The zero-order chi connectivity index (χ0) is 22.2. The highest BCUT2D eigenvalue weighted by molar-refractivity contribution is 9.10. The summed E-state index contributed by atoms with van der Waals surface area (Å²) >= 11 is 3.40. The van der Waals surface area contributed by atoms with Gasteiger partial charge in [-0.3, -0.25) is 4.79 Å². The van der Waals surface area contributed by atoms with Crippen LogP contribution in [0.4, 0.5) is 5.69 Å². The monoisotopic (exact) mass is 479 g/mol. The number of hydrogen-bond donors (Lipinski definition) is 1. The molecule has 0 spiro atoms. The van der Waals surface area contributed by atoms with Gasteiger partial charge >= 0.3 is 0 Å². The summed E-state index contributed by atoms with van der Waals surface area (Å²) in [7, 11) is 3.17. The number of anilines is 1. The van der Waals surface area contributed by atoms with Gasteiger partial charge in [-0.2, -0.15) is 0 Å². The van der Waals surface area contributed by atoms with Gasteiger partial charge in [0.1, 0.15) is 6.61 Å². The lowest BCUT2D eigenvalue weighted by atomic mass is 10.0. The maximum absolute atomic E-state index is 13.1. The molecule has 6 heteroatoms. The van der Waals surface area contributed by atoms with Crippen LogP contribution in [-0.2, 0) is 9.53 Å². The van der Waals surface area contributed by atoms with E-state index in [1.807, 2.05) is 66.7 Å². The summed E-state index contributed by atoms with van der Waals surface area (Å²) in [6, 6.07) is 20.5. The molecule has 3 aromatic carbocycles. The van der Waals surface area contributed by atoms with E-state index in [1.165, 1.54) is 0 Å². The molecule has 1 unspecified atom stereocenters. The van der Waals surface area contributed by atoms with E-state index in [-0.39, 0.29) is 12.5 Å². The number of nitrogens with one attached hydrogen (secondary N) is 1. The van der Waals surface area contributed by atoms with Crippen molar-refractivity contribution in [3.63, 3.8) is 0 Å². The molecule has 1 N–H and O–H groups in total. The molecule has 0 bridgehead atoms. The zero-order valence-electron chi connectivity index (χ0n) is 17.2. The third kappa shape index (κ3) is 5.46. The van der Waals surface area contributed by atoms with Crippen molar-refractivity contribution in [2.24, 2.45) is 0 Å². The van der Waals surface area contributed by atoms with Gasteiger partial charge in [0.25, 0.3) is 5.91 Å². The summed E-state index contributed by atoms with van der Waals surface area (Å²) in [4.78, 5) is 13.1. The molecule has 0 aliphatic heterocycles. The van der Waals surface area contributed by atoms with Gasteiger partial charge in [0.15, 0.2) is 17.6 Å². The SMILES string of the molecule is C#CCOC(C(=O)Nc1ccccc1-c1ccc(OC)c(OC)c1)c1ccc(Br)cc1. The number of para-hydroxylation sites is 1. The molecule has 0 saturated carbocycles. The largest absolute Gasteiger partial charge is 0.493 e. The summed E-state index contributed by atoms with van der Waals surface area (Å²) < 4.78 is 17.3. The van der Waals surface area contributed by atoms with Crippen LogP contribution in [0.1, 0.15) is 11.7 Å². The Hall–Kier alpha value is -3.27. The number of halogens is 1. The predicted molar refractivity (Wildman–Crippen MR) is 125 cm³/mol. The fraction of sp³-hybridized carbons (Fsp3) is 0.160. The van der Waals surface area contributed by atoms with Gasteiger partial charge in [-0.05, 0) is 41.5 Å². The first kappa shape index (κ1) is 22.4. The smallest absolute Gasteiger partial charge is 0.258 e. The molecule has 0 saturated heterocycles. The number of hydrogen-bond acceptors (Lipinski definition) is 4. The average molecular weight is 480 g/mol. The Kier molecular flexibility index (Phi) is 7.71. The Balaban J connectivity index is 1.92. The molecule has 0 aliphatic rings. The Morgan fingerprint density at radius 3 is 2.42 bits per heavy atom. The van der Waals surface area contributed by atoms with Crippen molar-refractivity contribution in [3.05, 3.63) is 76.8 Å². The van der Waals surface area contributed by atoms with Crippen molar-refractivity contribution >= 4 is 27.5 Å². The van der Waals surface area contributed by atoms with Crippen molar-refractivity contribution in [2.75, 3.05) is 26.1 Å². The number of carbonyl (C=O) groups is 1. The minimum Gasteiger partial charge on any atom is -0.493 e. The molecule has 5 nitrogen and oxygen atoms in total. The molecule has 1 atom stereocenters. The number of benzene rings is 3. The minimum absolute atomic E-state index is 0.0193. The molecule has 3 rings (SSSR count). The first-order valence-corrected chi connectivity index (χ1v) is 10.3. The van der Waals surface area contributed by atoms with E-state index in [0.29, 0.717) is 22.7 Å². The summed E-state index contributed by atoms with van der Waals surface area (Å²) in [6.07, 6.45) is 4.50. The van der Waals surface area contributed by atoms with E-state index >= 15 is 0 Å². The molecule has 1 amide bonds. The van der Waals surface area contributed by atoms with Crippen LogP contribution in [0.5, 0.6) is 11.5 Å². The van der Waals surface area contributed by atoms with Gasteiger partial charge < -0.3 is 19.5 Å². The van der Waals surface area contributed by atoms with Gasteiger partial charge in [0, 0.05) is 15.7 Å². The highest BCUT2D eigenvalue weighted by atomic mass is 79.9. The summed E-state index contributed by atoms with van der Waals surface area (Å²) in [5, 5.41) is 2.98. The van der Waals surface area contributed by atoms with Crippen LogP contribution < -0.4 is 14.8 Å². The molecule has 31 heavy (non-hydrogen) atoms. The highest BCUT2D eigenvalue weighted by Crippen LogP contribution is 2.35. The van der Waals surface area contributed by atoms with Gasteiger partial charge in [-0.1, -0.05) is 58.2 Å². The minimum atomic E-state index is -0.845. The van der Waals surface area contributed by atoms with E-state index in [0.717, 1.165) is 15.6 Å². The fourth-order valence-electron chi connectivity index (χ4n) is 3.14. The molecule has 0 radical (unpaired) electrons. The number of amides is 1. The van der Waals surface area contributed by atoms with Gasteiger partial charge in [0.05, 0.1) is 14.2 Å². The number of ether oxygens (including phenoxy) is 3. The van der Waals surface area contributed by atoms with Crippen LogP contribution in [-0.4, -0.2) is 26.7 Å². The van der Waals surface area contributed by atoms with Crippen LogP contribution in [0, 0.1) is 12.3 Å². The number of rotatable bonds is 8. The van der Waals surface area contributed by atoms with Crippen molar-refractivity contribution < 1.29 is 19.0 Å². The van der Waals surface area contributed by atoms with Crippen LogP contribution in [0.15, 0.2) is 71.2 Å². The summed E-state index contributed by atoms with van der Waals surface area (Å²) in [5.41, 5.74) is 3.06. The number of terminal acetylenes is 1. The second kappa shape index (κ2) is 10.7. The fourth-order valence-corrected chi connectivity index (χ4v) is 3.40. The third-order valence-electron chi connectivity index (χ3n) is 4.62. The second-order valence-corrected chi connectivity index (χ2v) is 7.47. The van der Waals surface area contributed by atoms with Crippen molar-refractivity contribution in [1.82, 2.24) is 0 Å². The molecular weight excluding hydrogens is 458 g/mol. The summed E-state index contributed by atoms with van der Waals surface area (Å²) in [5.74, 6) is 3.34. The van der Waals surface area contributed by atoms with E-state index in [1.54, 1.807) is 14.2 Å². The molecule has 0 aromatic heterocycles. The van der Waals surface area contributed by atoms with Crippen LogP contribution in [0.25, 0.3) is 11.1 Å². The molecule has 0 fully saturated rings. The molecule has 3 aromatic rings. The zero-order valence-corrected chi connectivity index (χ0v) is 18.8. The molecular formula is C25H22BrNO4. The van der Waals surface area contributed by atoms with Crippen LogP contribution >= 0.6 is 15.9 Å². The topological polar surface area (TPSA) is 56.8 Å². The Morgan fingerprint density at radius 2 is 1.74 bits per heavy atom. The Labute approximate surface area is 190 Å². The van der Waals surface area contributed by atoms with Crippen molar-refractivity contribution in [2.45, 2.75) is 6.10 Å². The lowest BCUT2D eigenvalue weighted by Crippen LogP contribution is -2.24. The van der Waals surface area contributed by atoms with E-state index < -0.39 is 6.10 Å². The lowest BCUT2D eigenvalue weighted by Gasteiger charge is -2.19. The van der Waals surface area contributed by atoms with Gasteiger partial charge in [-0.25, -0.2) is 0 Å². The molecule has 158 valence electrons. The van der Waals surface area contributed by atoms with E-state index in [4.69, 9.17) is 20.6 Å². The first-order chi connectivity index (χ1) is 15.1. The number of carbonyl (C=O) groups excluding carboxylic acids is 1. The number of methoxy groups -OCH3 is 2. The first-order valence-electron chi connectivity index (χ1n) is 9.50. The second-order valence-electron chi connectivity index (χ2n) is 6.55. The molecule has 0 heterocycles. The standard InChI is InChI=1S/C25H22BrNO4/c1-4-15-31-24(17-9-12-19(26)13-10-17)25(28)27-21-8-6-5-7-20(21)18-11-14-22(29-2)23(16-18)30-3/h1,5-14,16,24H,15H2,2-3H3,(H,27,28). The van der Waals surface area contributed by atoms with Crippen molar-refractivity contribution in [3.8, 4) is 35.0 Å². The van der Waals surface area contributed by atoms with Gasteiger partial charge in [-0.15, -0.1) is 6.42 Å². The van der Waals surface area contributed by atoms with Crippen LogP contribution in [0.2, 0.25) is 0 Å².